The van der Waals surface area contributed by atoms with Crippen LogP contribution in [0.4, 0.5) is 17.1 Å². The van der Waals surface area contributed by atoms with Crippen molar-refractivity contribution in [3.05, 3.63) is 41.5 Å². The van der Waals surface area contributed by atoms with E-state index in [1.807, 2.05) is 12.1 Å². The monoisotopic (exact) mass is 556 g/mol. The summed E-state index contributed by atoms with van der Waals surface area (Å²) in [5.41, 5.74) is 4.21. The van der Waals surface area contributed by atoms with Crippen LogP contribution < -0.4 is 24.6 Å². The number of hydrogen-bond acceptors (Lipinski definition) is 8. The minimum absolute atomic E-state index is 0.0698. The van der Waals surface area contributed by atoms with Crippen LogP contribution in [0.5, 0.6) is 5.75 Å². The van der Waals surface area contributed by atoms with E-state index in [1.165, 1.54) is 18.9 Å². The maximum atomic E-state index is 13.7. The van der Waals surface area contributed by atoms with Crippen molar-refractivity contribution in [2.45, 2.75) is 37.0 Å². The van der Waals surface area contributed by atoms with Crippen LogP contribution in [0.3, 0.4) is 0 Å². The molecule has 10 nitrogen and oxygen atoms in total. The maximum absolute atomic E-state index is 13.7. The lowest BCUT2D eigenvalue weighted by Gasteiger charge is -2.35. The van der Waals surface area contributed by atoms with Crippen molar-refractivity contribution >= 4 is 33.0 Å². The third-order valence-corrected chi connectivity index (χ3v) is 9.88. The number of morpholine rings is 1. The molecule has 2 aromatic carbocycles. The van der Waals surface area contributed by atoms with Crippen molar-refractivity contribution in [1.29, 1.82) is 0 Å². The predicted octanol–water partition coefficient (Wildman–Crippen LogP) is 2.36. The maximum Gasteiger partial charge on any atom is 0.257 e. The van der Waals surface area contributed by atoms with E-state index in [2.05, 4.69) is 19.8 Å². The molecule has 0 atom stereocenters. The summed E-state index contributed by atoms with van der Waals surface area (Å²) >= 11 is 0. The van der Waals surface area contributed by atoms with Gasteiger partial charge in [-0.15, -0.1) is 0 Å². The zero-order valence-electron chi connectivity index (χ0n) is 22.1. The number of aliphatic hydroxyl groups is 1. The fraction of sp³-hybridized carbons (Fsp3) is 0.536. The van der Waals surface area contributed by atoms with E-state index >= 15 is 0 Å². The number of fused-ring (bicyclic) bond motifs is 1. The number of sulfonamides is 1. The first-order valence-corrected chi connectivity index (χ1v) is 15.3. The minimum Gasteiger partial charge on any atom is -0.491 e. The van der Waals surface area contributed by atoms with Gasteiger partial charge in [0, 0.05) is 50.4 Å². The highest BCUT2D eigenvalue weighted by molar-refractivity contribution is 7.89. The molecule has 4 aliphatic rings. The number of nitrogens with one attached hydrogen (secondary N) is 2. The van der Waals surface area contributed by atoms with E-state index in [-0.39, 0.29) is 24.0 Å². The Morgan fingerprint density at radius 1 is 0.949 bits per heavy atom. The fourth-order valence-electron chi connectivity index (χ4n) is 5.89. The molecule has 6 rings (SSSR count). The SMILES string of the molecule is O=C(Nc1cc2c(c(N3CCOCC3)c1)OCC2)c1ccc(S(=O)(=O)NCCO)cc1N1CCC2(CC1)CC2. The van der Waals surface area contributed by atoms with Gasteiger partial charge in [0.05, 0.1) is 48.3 Å². The Morgan fingerprint density at radius 2 is 1.69 bits per heavy atom. The van der Waals surface area contributed by atoms with Gasteiger partial charge in [0.25, 0.3) is 5.91 Å². The summed E-state index contributed by atoms with van der Waals surface area (Å²) in [4.78, 5) is 18.2. The molecule has 2 saturated heterocycles. The molecule has 0 radical (unpaired) electrons. The van der Waals surface area contributed by atoms with Gasteiger partial charge in [-0.05, 0) is 61.4 Å². The molecule has 0 bridgehead atoms. The zero-order valence-corrected chi connectivity index (χ0v) is 22.9. The van der Waals surface area contributed by atoms with Crippen molar-refractivity contribution < 1.29 is 27.8 Å². The summed E-state index contributed by atoms with van der Waals surface area (Å²) in [6, 6.07) is 8.58. The van der Waals surface area contributed by atoms with E-state index < -0.39 is 10.0 Å². The molecule has 3 aliphatic heterocycles. The van der Waals surface area contributed by atoms with Gasteiger partial charge in [0.2, 0.25) is 10.0 Å². The van der Waals surface area contributed by atoms with Crippen LogP contribution in [-0.2, 0) is 21.2 Å². The average molecular weight is 557 g/mol. The molecule has 0 aromatic heterocycles. The summed E-state index contributed by atoms with van der Waals surface area (Å²) in [6.07, 6.45) is 5.37. The lowest BCUT2D eigenvalue weighted by atomic mass is 9.93. The van der Waals surface area contributed by atoms with E-state index in [1.54, 1.807) is 12.1 Å². The van der Waals surface area contributed by atoms with E-state index in [0.717, 1.165) is 62.4 Å². The van der Waals surface area contributed by atoms with E-state index in [0.29, 0.717) is 42.2 Å². The van der Waals surface area contributed by atoms with Crippen LogP contribution in [0.25, 0.3) is 0 Å². The number of piperidine rings is 1. The second kappa shape index (κ2) is 10.6. The molecule has 1 spiro atoms. The Balaban J connectivity index is 1.30. The largest absolute Gasteiger partial charge is 0.491 e. The normalized spacial score (nSPS) is 20.0. The lowest BCUT2D eigenvalue weighted by molar-refractivity contribution is 0.102. The number of aliphatic hydroxyl groups excluding tert-OH is 1. The zero-order chi connectivity index (χ0) is 27.0. The number of carbonyl (C=O) groups is 1. The van der Waals surface area contributed by atoms with Crippen molar-refractivity contribution in [2.75, 3.05) is 74.3 Å². The molecule has 210 valence electrons. The quantitative estimate of drug-likeness (QED) is 0.453. The first-order valence-electron chi connectivity index (χ1n) is 13.8. The molecule has 3 N–H and O–H groups in total. The highest BCUT2D eigenvalue weighted by Gasteiger charge is 2.44. The van der Waals surface area contributed by atoms with Gasteiger partial charge >= 0.3 is 0 Å². The number of hydrogen-bond donors (Lipinski definition) is 3. The van der Waals surface area contributed by atoms with Crippen LogP contribution in [0.2, 0.25) is 0 Å². The third kappa shape index (κ3) is 5.45. The molecular formula is C28H36N4O6S. The number of benzene rings is 2. The van der Waals surface area contributed by atoms with Gasteiger partial charge in [0.15, 0.2) is 0 Å². The first-order chi connectivity index (χ1) is 18.9. The molecule has 1 amide bonds. The lowest BCUT2D eigenvalue weighted by Crippen LogP contribution is -2.36. The second-order valence-corrected chi connectivity index (χ2v) is 12.7. The molecule has 1 aliphatic carbocycles. The summed E-state index contributed by atoms with van der Waals surface area (Å²) in [6.45, 7) is 4.63. The number of anilines is 3. The number of carbonyl (C=O) groups excluding carboxylic acids is 1. The van der Waals surface area contributed by atoms with Crippen molar-refractivity contribution in [3.63, 3.8) is 0 Å². The van der Waals surface area contributed by atoms with Crippen LogP contribution in [-0.4, -0.2) is 78.6 Å². The molecule has 11 heteroatoms. The van der Waals surface area contributed by atoms with Crippen molar-refractivity contribution in [3.8, 4) is 5.75 Å². The summed E-state index contributed by atoms with van der Waals surface area (Å²) < 4.78 is 39.5. The van der Waals surface area contributed by atoms with Crippen LogP contribution >= 0.6 is 0 Å². The average Bonchev–Trinajstić information content (AvgIpc) is 3.53. The molecule has 1 saturated carbocycles. The Morgan fingerprint density at radius 3 is 2.41 bits per heavy atom. The minimum atomic E-state index is -3.82. The molecule has 3 heterocycles. The van der Waals surface area contributed by atoms with Gasteiger partial charge in [-0.1, -0.05) is 0 Å². The summed E-state index contributed by atoms with van der Waals surface area (Å²) in [5.74, 6) is 0.596. The number of nitrogens with zero attached hydrogens (tertiary/aromatic N) is 2. The predicted molar refractivity (Wildman–Crippen MR) is 148 cm³/mol. The van der Waals surface area contributed by atoms with Gasteiger partial charge in [-0.3, -0.25) is 4.79 Å². The highest BCUT2D eigenvalue weighted by atomic mass is 32.2. The van der Waals surface area contributed by atoms with E-state index in [4.69, 9.17) is 14.6 Å². The smallest absolute Gasteiger partial charge is 0.257 e. The molecule has 39 heavy (non-hydrogen) atoms. The number of amides is 1. The Bertz CT molecular complexity index is 1340. The Hall–Kier alpha value is -2.86. The third-order valence-electron chi connectivity index (χ3n) is 8.42. The van der Waals surface area contributed by atoms with E-state index in [9.17, 15) is 13.2 Å². The van der Waals surface area contributed by atoms with Crippen LogP contribution in [0, 0.1) is 5.41 Å². The van der Waals surface area contributed by atoms with Gasteiger partial charge in [-0.25, -0.2) is 13.1 Å². The summed E-state index contributed by atoms with van der Waals surface area (Å²) in [5, 5.41) is 12.2. The van der Waals surface area contributed by atoms with Gasteiger partial charge in [0.1, 0.15) is 5.75 Å². The van der Waals surface area contributed by atoms with Crippen molar-refractivity contribution in [1.82, 2.24) is 4.72 Å². The number of ether oxygens (including phenoxy) is 2. The molecular weight excluding hydrogens is 520 g/mol. The first kappa shape index (κ1) is 26.4. The molecule has 2 aromatic rings. The highest BCUT2D eigenvalue weighted by Crippen LogP contribution is 2.54. The van der Waals surface area contributed by atoms with Gasteiger partial charge < -0.3 is 29.7 Å². The van der Waals surface area contributed by atoms with Crippen LogP contribution in [0.1, 0.15) is 41.6 Å². The number of rotatable bonds is 8. The van der Waals surface area contributed by atoms with Crippen molar-refractivity contribution in [2.24, 2.45) is 5.41 Å². The molecule has 3 fully saturated rings. The standard InChI is InChI=1S/C28H36N4O6S/c33-13-8-29-39(35,36)22-1-2-23(24(19-22)31-9-6-28(4-5-28)7-10-31)27(34)30-21-17-20-3-14-38-26(20)25(18-21)32-11-15-37-16-12-32/h1-2,17-19,29,33H,3-16H2,(H,30,34). The summed E-state index contributed by atoms with van der Waals surface area (Å²) in [7, 11) is -3.82. The van der Waals surface area contributed by atoms with Crippen LogP contribution in [0.15, 0.2) is 35.2 Å². The topological polar surface area (TPSA) is 120 Å². The van der Waals surface area contributed by atoms with Gasteiger partial charge in [-0.2, -0.15) is 0 Å². The Labute approximate surface area is 229 Å². The Kier molecular flexibility index (Phi) is 7.17. The second-order valence-electron chi connectivity index (χ2n) is 10.9. The fourth-order valence-corrected chi connectivity index (χ4v) is 6.93. The molecule has 0 unspecified atom stereocenters.